The second-order valence-electron chi connectivity index (χ2n) is 25.0. The van der Waals surface area contributed by atoms with Crippen molar-refractivity contribution in [2.24, 2.45) is 23.7 Å². The van der Waals surface area contributed by atoms with Gasteiger partial charge in [-0.05, 0) is 94.3 Å². The first kappa shape index (κ1) is 74.7. The largest absolute Gasteiger partial charge is 0.507 e. The molecule has 528 valence electrons. The molecule has 6 heterocycles. The number of aromatic amines is 1. The van der Waals surface area contributed by atoms with E-state index in [2.05, 4.69) is 25.6 Å². The van der Waals surface area contributed by atoms with Crippen molar-refractivity contribution in [1.82, 2.24) is 24.3 Å². The summed E-state index contributed by atoms with van der Waals surface area (Å²) in [7, 11) is 3.37. The Labute approximate surface area is 590 Å². The molecule has 23 nitrogen and oxygen atoms in total. The minimum absolute atomic E-state index is 0.0185. The van der Waals surface area contributed by atoms with E-state index in [4.69, 9.17) is 61.7 Å². The van der Waals surface area contributed by atoms with Crippen LogP contribution in [0.15, 0.2) is 126 Å². The van der Waals surface area contributed by atoms with Gasteiger partial charge in [-0.25, -0.2) is 9.97 Å². The Bertz CT molecular complexity index is 4740. The van der Waals surface area contributed by atoms with E-state index in [0.717, 1.165) is 44.9 Å². The van der Waals surface area contributed by atoms with Gasteiger partial charge in [-0.15, -0.1) is 0 Å². The van der Waals surface area contributed by atoms with Crippen molar-refractivity contribution >= 4 is 113 Å². The number of pyridine rings is 2. The minimum Gasteiger partial charge on any atom is -0.507 e. The number of aliphatic hydroxyl groups is 2. The number of fused-ring (bicyclic) bond motifs is 3. The zero-order chi connectivity index (χ0) is 72.9. The first-order valence-corrected chi connectivity index (χ1v) is 34.1. The number of aliphatic hydroxyl groups excluding tert-OH is 2. The highest BCUT2D eigenvalue weighted by molar-refractivity contribution is 7.84. The number of amides is 1. The van der Waals surface area contributed by atoms with Gasteiger partial charge in [0.15, 0.2) is 10.9 Å². The molecule has 0 aliphatic carbocycles. The summed E-state index contributed by atoms with van der Waals surface area (Å²) in [5, 5.41) is 62.8. The lowest BCUT2D eigenvalue weighted by molar-refractivity contribution is -0.160. The van der Waals surface area contributed by atoms with Crippen LogP contribution in [0.4, 0.5) is 17.1 Å². The summed E-state index contributed by atoms with van der Waals surface area (Å²) in [4.78, 5) is 68.3. The number of carboxylic acids is 1. The van der Waals surface area contributed by atoms with Crippen LogP contribution in [0.3, 0.4) is 0 Å². The van der Waals surface area contributed by atoms with Gasteiger partial charge in [0.05, 0.1) is 105 Å². The van der Waals surface area contributed by atoms with Crippen molar-refractivity contribution in [2.75, 3.05) is 32.0 Å². The molecule has 2 aliphatic rings. The Hall–Kier alpha value is -9.56. The molecule has 0 saturated heterocycles. The number of imidazole rings is 2. The van der Waals surface area contributed by atoms with E-state index in [1.165, 1.54) is 40.2 Å². The molecule has 4 aromatic heterocycles. The van der Waals surface area contributed by atoms with Crippen molar-refractivity contribution in [3.63, 3.8) is 0 Å². The topological polar surface area (TPSA) is 325 Å². The van der Waals surface area contributed by atoms with Crippen LogP contribution >= 0.6 is 23.2 Å². The first-order valence-electron chi connectivity index (χ1n) is 32.0. The number of ketones is 1. The number of aromatic hydroxyl groups is 2. The van der Waals surface area contributed by atoms with Crippen LogP contribution in [0.2, 0.25) is 10.0 Å². The molecule has 10 atom stereocenters. The maximum Gasteiger partial charge on any atom is 0.312 e. The SMILES string of the molecule is CO[C@H]1/C=C/O[C@@]2(C)Oc3c(C)c(O)c4c(O)c(c5c(nc6cc(C)ccn65)c4c3C2=O)NC(=O)/C(C)=C\C=C\[C@H](C)[C@H](O)[C@@H](C)[C@@H](O)[C@@H](C)[C@H](OC(C)=O)[C@@H]1C.COc1ccc2nc(S(=O)Cc3ncc(C)c(OC)c3C)[nH]c2c1.O=C(O)Cc1ccccc1Nc1c(Cl)cccc1Cl. The number of nitrogens with zero attached hydrogens (tertiary/aromatic N) is 4. The number of carboxylic acid groups (broad SMARTS) is 1. The Balaban J connectivity index is 0.000000219. The van der Waals surface area contributed by atoms with Gasteiger partial charge in [0.1, 0.15) is 51.5 Å². The van der Waals surface area contributed by atoms with Crippen molar-refractivity contribution in [3.05, 3.63) is 170 Å². The number of hydrogen-bond donors (Lipinski definition) is 8. The lowest BCUT2D eigenvalue weighted by Crippen LogP contribution is -2.46. The highest BCUT2D eigenvalue weighted by Gasteiger charge is 2.50. The summed E-state index contributed by atoms with van der Waals surface area (Å²) in [6, 6.07) is 21.5. The standard InChI is InChI=1S/C43H51N3O11.C17H19N3O3S.C14H11Cl2NO2/c1-19-14-16-46-28(18-19)44-32-29-30-37(50)25(7)40-31(29)41(52)43(9,57-40)55-17-15-27(54-10)22(4)39(56-26(8)47)24(6)36(49)23(5)35(48)20(2)12-11-13-21(3)42(53)45-33(34(32)46)38(30)51;1-10-8-18-15(11(2)16(10)23-4)9-24(21)17-19-13-6-5-12(22-3)7-14(13)20-17;15-10-5-3-6-11(16)14(10)17-12-7-2-1-4-9(12)8-13(18)19/h11-18,20,22-24,27,35-36,39,48-51H,1-10H3,(H,45,53);5-8H,9H2,1-4H3,(H,19,20);1-7,17H,8H2,(H,18,19)/b12-11+,17-15+,21-13-;;/t20-,22+,23+,24+,27-,35-,36+,39+,43-;;/m0../s1. The third-order valence-electron chi connectivity index (χ3n) is 18.0. The average molecular weight is 1430 g/mol. The second-order valence-corrected chi connectivity index (χ2v) is 27.2. The quantitative estimate of drug-likeness (QED) is 0.0440. The van der Waals surface area contributed by atoms with Crippen molar-refractivity contribution in [2.45, 2.75) is 124 Å². The zero-order valence-electron chi connectivity index (χ0n) is 57.7. The first-order chi connectivity index (χ1) is 47.4. The molecule has 11 rings (SSSR count). The van der Waals surface area contributed by atoms with Crippen molar-refractivity contribution in [1.29, 1.82) is 0 Å². The number of carbonyl (C=O) groups is 4. The number of halogens is 2. The fraction of sp³-hybridized carbons (Fsp3) is 0.338. The van der Waals surface area contributed by atoms with Gasteiger partial charge in [0, 0.05) is 96.4 Å². The van der Waals surface area contributed by atoms with Gasteiger partial charge >= 0.3 is 17.7 Å². The molecule has 5 aromatic carbocycles. The molecule has 100 heavy (non-hydrogen) atoms. The smallest absolute Gasteiger partial charge is 0.312 e. The molecule has 1 amide bonds. The van der Waals surface area contributed by atoms with E-state index >= 15 is 0 Å². The molecule has 0 radical (unpaired) electrons. The number of ether oxygens (including phenoxy) is 6. The van der Waals surface area contributed by atoms with E-state index in [1.807, 2.05) is 57.2 Å². The van der Waals surface area contributed by atoms with Gasteiger partial charge in [-0.3, -0.25) is 32.8 Å². The van der Waals surface area contributed by atoms with Crippen LogP contribution in [0.25, 0.3) is 38.5 Å². The lowest BCUT2D eigenvalue weighted by atomic mass is 9.78. The van der Waals surface area contributed by atoms with E-state index < -0.39 is 94.1 Å². The number of methoxy groups -OCH3 is 3. The number of nitrogens with one attached hydrogen (secondary N) is 3. The predicted molar refractivity (Wildman–Crippen MR) is 384 cm³/mol. The van der Waals surface area contributed by atoms with E-state index in [0.29, 0.717) is 37.8 Å². The van der Waals surface area contributed by atoms with Crippen LogP contribution in [-0.4, -0.2) is 129 Å². The number of rotatable bonds is 11. The fourth-order valence-corrected chi connectivity index (χ4v) is 13.9. The summed E-state index contributed by atoms with van der Waals surface area (Å²) >= 11 is 12.1. The molecule has 8 N–H and O–H groups in total. The zero-order valence-corrected chi connectivity index (χ0v) is 60.0. The van der Waals surface area contributed by atoms with Crippen LogP contribution in [0.5, 0.6) is 28.7 Å². The molecule has 0 spiro atoms. The number of allylic oxidation sites excluding steroid dienone is 2. The summed E-state index contributed by atoms with van der Waals surface area (Å²) in [6.07, 6.45) is 7.30. The molecule has 4 bridgehead atoms. The molecule has 1 unspecified atom stereocenters. The molecule has 2 aliphatic heterocycles. The Morgan fingerprint density at radius 1 is 0.840 bits per heavy atom. The van der Waals surface area contributed by atoms with Crippen molar-refractivity contribution in [3.8, 4) is 28.7 Å². The summed E-state index contributed by atoms with van der Waals surface area (Å²) in [5.74, 6) is -6.06. The summed E-state index contributed by atoms with van der Waals surface area (Å²) < 4.78 is 48.8. The summed E-state index contributed by atoms with van der Waals surface area (Å²) in [5.41, 5.74) is 8.27. The minimum atomic E-state index is -1.96. The average Bonchev–Trinajstić information content (AvgIpc) is 1.51. The number of para-hydroxylation sites is 2. The molecular weight excluding hydrogens is 1350 g/mol. The van der Waals surface area contributed by atoms with Gasteiger partial charge < -0.3 is 69.6 Å². The number of anilines is 3. The van der Waals surface area contributed by atoms with Gasteiger partial charge in [-0.2, -0.15) is 0 Å². The van der Waals surface area contributed by atoms with Crippen LogP contribution in [0, 0.1) is 51.4 Å². The van der Waals surface area contributed by atoms with Crippen molar-refractivity contribution < 1.29 is 77.3 Å². The number of carbonyl (C=O) groups excluding carboxylic acids is 3. The number of phenolic OH excluding ortho intramolecular Hbond substituents is 2. The number of H-pyrrole nitrogens is 1. The highest BCUT2D eigenvalue weighted by Crippen LogP contribution is 2.54. The maximum absolute atomic E-state index is 14.6. The predicted octanol–water partition coefficient (Wildman–Crippen LogP) is 13.4. The van der Waals surface area contributed by atoms with E-state index in [1.54, 1.807) is 120 Å². The lowest BCUT2D eigenvalue weighted by Gasteiger charge is -2.38. The molecule has 9 aromatic rings. The molecular formula is C74H81Cl2N7O16S. The van der Waals surface area contributed by atoms with Crippen LogP contribution in [-0.2, 0) is 51.6 Å². The third kappa shape index (κ3) is 15.6. The Morgan fingerprint density at radius 3 is 2.22 bits per heavy atom. The molecule has 26 heteroatoms. The van der Waals surface area contributed by atoms with Gasteiger partial charge in [0.25, 0.3) is 11.7 Å². The summed E-state index contributed by atoms with van der Waals surface area (Å²) in [6.45, 7) is 18.6. The Morgan fingerprint density at radius 2 is 1.55 bits per heavy atom. The fourth-order valence-electron chi connectivity index (χ4n) is 12.4. The van der Waals surface area contributed by atoms with E-state index in [9.17, 15) is 43.8 Å². The number of aliphatic carboxylic acids is 1. The van der Waals surface area contributed by atoms with Gasteiger partial charge in [-0.1, -0.05) is 93.4 Å². The highest BCUT2D eigenvalue weighted by atomic mass is 35.5. The number of benzene rings is 5. The number of esters is 1. The monoisotopic (exact) mass is 1430 g/mol. The molecule has 0 fully saturated rings. The number of Topliss-reactive ketones (excluding diaryl/α,β-unsaturated/α-hetero) is 1. The van der Waals surface area contributed by atoms with Crippen LogP contribution < -0.4 is 24.8 Å². The molecule has 0 saturated carbocycles. The second kappa shape index (κ2) is 31.3. The van der Waals surface area contributed by atoms with Crippen LogP contribution in [0.1, 0.15) is 92.3 Å². The number of hydrogen-bond acceptors (Lipinski definition) is 19. The number of phenols is 2. The third-order valence-corrected chi connectivity index (χ3v) is 19.8. The Kier molecular flexibility index (Phi) is 23.4. The van der Waals surface area contributed by atoms with E-state index in [-0.39, 0.29) is 67.9 Å². The van der Waals surface area contributed by atoms with Gasteiger partial charge in [0.2, 0.25) is 0 Å². The normalized spacial score (nSPS) is 22.5. The number of aryl methyl sites for hydroxylation is 2. The number of aromatic nitrogens is 5. The maximum atomic E-state index is 14.6.